The van der Waals surface area contributed by atoms with Crippen LogP contribution in [0.5, 0.6) is 0 Å². The van der Waals surface area contributed by atoms with E-state index in [-0.39, 0.29) is 0 Å². The maximum absolute atomic E-state index is 8.00. The first-order valence-electron chi connectivity index (χ1n) is 6.92. The van der Waals surface area contributed by atoms with Gasteiger partial charge < -0.3 is 4.79 Å². The van der Waals surface area contributed by atoms with E-state index in [0.29, 0.717) is 0 Å². The number of hydrogen-bond acceptors (Lipinski definition) is 4. The summed E-state index contributed by atoms with van der Waals surface area (Å²) in [6, 6.07) is 10.3. The number of aryl methyl sites for hydroxylation is 1. The van der Waals surface area contributed by atoms with Gasteiger partial charge in [0.1, 0.15) is 22.1 Å². The van der Waals surface area contributed by atoms with Crippen LogP contribution in [0.25, 0.3) is 20.9 Å². The second-order valence-corrected chi connectivity index (χ2v) is 6.41. The molecule has 0 aliphatic carbocycles. The summed E-state index contributed by atoms with van der Waals surface area (Å²) in [5.74, 6) is 0. The van der Waals surface area contributed by atoms with Gasteiger partial charge in [0.2, 0.25) is 0 Å². The number of thiazole rings is 1. The molecule has 1 aromatic carbocycles. The minimum Gasteiger partial charge on any atom is -0.307 e. The van der Waals surface area contributed by atoms with Gasteiger partial charge in [0.25, 0.3) is 0 Å². The Morgan fingerprint density at radius 2 is 1.86 bits per heavy atom. The second kappa shape index (κ2) is 9.43. The molecule has 2 heterocycles. The van der Waals surface area contributed by atoms with Crippen molar-refractivity contribution in [2.75, 3.05) is 0 Å². The molecular weight excluding hydrogens is 360 g/mol. The summed E-state index contributed by atoms with van der Waals surface area (Å²) >= 11 is 5.04. The fraction of sp³-hybridized carbons (Fsp3) is 0.235. The summed E-state index contributed by atoms with van der Waals surface area (Å²) in [5.41, 5.74) is 3.37. The molecule has 3 aromatic rings. The smallest absolute Gasteiger partial charge is 0.143 e. The molecule has 5 heteroatoms. The Labute approximate surface area is 143 Å². The Kier molecular flexibility index (Phi) is 7.91. The molecule has 0 unspecified atom stereocenters. The Morgan fingerprint density at radius 3 is 2.50 bits per heavy atom. The first-order chi connectivity index (χ1) is 10.7. The summed E-state index contributed by atoms with van der Waals surface area (Å²) in [6.07, 6.45) is 3.06. The Bertz CT molecular complexity index is 728. The number of rotatable bonds is 1. The van der Waals surface area contributed by atoms with Crippen LogP contribution < -0.4 is 0 Å². The molecule has 2 aromatic heterocycles. The third-order valence-corrected chi connectivity index (χ3v) is 4.04. The van der Waals surface area contributed by atoms with Crippen molar-refractivity contribution in [3.63, 3.8) is 0 Å². The third-order valence-electron chi connectivity index (χ3n) is 2.59. The highest BCUT2D eigenvalue weighted by molar-refractivity contribution is 9.10. The lowest BCUT2D eigenvalue weighted by atomic mass is 10.1. The predicted octanol–water partition coefficient (Wildman–Crippen LogP) is 5.66. The van der Waals surface area contributed by atoms with Crippen LogP contribution in [-0.4, -0.2) is 16.8 Å². The molecule has 0 amide bonds. The Balaban J connectivity index is 0.000000435. The lowest BCUT2D eigenvalue weighted by Gasteiger charge is -1.99. The highest BCUT2D eigenvalue weighted by Crippen LogP contribution is 2.31. The molecule has 0 fully saturated rings. The molecule has 0 N–H and O–H groups in total. The maximum Gasteiger partial charge on any atom is 0.143 e. The van der Waals surface area contributed by atoms with E-state index in [1.807, 2.05) is 31.2 Å². The third kappa shape index (κ3) is 4.71. The van der Waals surface area contributed by atoms with Gasteiger partial charge in [0.15, 0.2) is 0 Å². The van der Waals surface area contributed by atoms with Gasteiger partial charge in [-0.1, -0.05) is 55.9 Å². The van der Waals surface area contributed by atoms with Crippen molar-refractivity contribution in [2.45, 2.75) is 27.2 Å². The van der Waals surface area contributed by atoms with E-state index in [0.717, 1.165) is 19.8 Å². The Morgan fingerprint density at radius 1 is 1.23 bits per heavy atom. The van der Waals surface area contributed by atoms with Gasteiger partial charge >= 0.3 is 0 Å². The van der Waals surface area contributed by atoms with Crippen molar-refractivity contribution in [1.82, 2.24) is 9.97 Å². The minimum absolute atomic E-state index is 0.947. The molecule has 0 saturated heterocycles. The number of halogens is 1. The zero-order valence-electron chi connectivity index (χ0n) is 13.0. The number of carbonyl (C=O) groups is 1. The number of benzene rings is 1. The number of aromatic nitrogens is 2. The van der Waals surface area contributed by atoms with Crippen molar-refractivity contribution in [3.8, 4) is 10.6 Å². The molecule has 0 spiro atoms. The summed E-state index contributed by atoms with van der Waals surface area (Å²) in [7, 11) is 0. The fourth-order valence-electron chi connectivity index (χ4n) is 1.73. The lowest BCUT2D eigenvalue weighted by molar-refractivity contribution is -0.0979. The van der Waals surface area contributed by atoms with Gasteiger partial charge in [-0.2, -0.15) is 0 Å². The van der Waals surface area contributed by atoms with E-state index in [1.165, 1.54) is 17.5 Å². The molecule has 0 aliphatic heterocycles. The van der Waals surface area contributed by atoms with E-state index in [9.17, 15) is 0 Å². The normalized spacial score (nSPS) is 9.45. The lowest BCUT2D eigenvalue weighted by Crippen LogP contribution is -1.80. The van der Waals surface area contributed by atoms with Gasteiger partial charge in [-0.05, 0) is 34.5 Å². The average Bonchev–Trinajstić information content (AvgIpc) is 2.93. The van der Waals surface area contributed by atoms with E-state index < -0.39 is 0 Å². The monoisotopic (exact) mass is 378 g/mol. The summed E-state index contributed by atoms with van der Waals surface area (Å²) in [5, 5.41) is 1.03. The van der Waals surface area contributed by atoms with Crippen molar-refractivity contribution < 1.29 is 4.79 Å². The second-order valence-electron chi connectivity index (χ2n) is 4.52. The largest absolute Gasteiger partial charge is 0.307 e. The number of nitrogens with zero attached hydrogens (tertiary/aromatic N) is 2. The van der Waals surface area contributed by atoms with E-state index >= 15 is 0 Å². The maximum atomic E-state index is 8.00. The standard InChI is InChI=1S/C13H9BrN2S.C3H8.CH2O/c1-8-4-2-3-5-10(8)12-16-11-6-9(14)7-15-13(11)17-12;1-3-2;1-2/h2-7H,1H3;3H2,1-2H3;1H2. The zero-order chi connectivity index (χ0) is 16.5. The van der Waals surface area contributed by atoms with Crippen molar-refractivity contribution in [1.29, 1.82) is 0 Å². The van der Waals surface area contributed by atoms with Crippen LogP contribution in [0.4, 0.5) is 0 Å². The quantitative estimate of drug-likeness (QED) is 0.548. The first kappa shape index (κ1) is 18.5. The van der Waals surface area contributed by atoms with Gasteiger partial charge in [0.05, 0.1) is 0 Å². The molecule has 0 bridgehead atoms. The van der Waals surface area contributed by atoms with Crippen LogP contribution in [-0.2, 0) is 4.79 Å². The molecule has 0 saturated carbocycles. The van der Waals surface area contributed by atoms with Crippen LogP contribution in [0, 0.1) is 6.92 Å². The molecular formula is C17H19BrN2OS. The van der Waals surface area contributed by atoms with Crippen molar-refractivity contribution in [2.24, 2.45) is 0 Å². The van der Waals surface area contributed by atoms with Crippen molar-refractivity contribution >= 4 is 44.4 Å². The fourth-order valence-corrected chi connectivity index (χ4v) is 3.03. The van der Waals surface area contributed by atoms with Gasteiger partial charge in [0, 0.05) is 16.2 Å². The molecule has 22 heavy (non-hydrogen) atoms. The van der Waals surface area contributed by atoms with Crippen molar-refractivity contribution in [3.05, 3.63) is 46.6 Å². The zero-order valence-corrected chi connectivity index (χ0v) is 15.4. The topological polar surface area (TPSA) is 42.9 Å². The highest BCUT2D eigenvalue weighted by atomic mass is 79.9. The van der Waals surface area contributed by atoms with E-state index in [2.05, 4.69) is 58.8 Å². The van der Waals surface area contributed by atoms with E-state index in [4.69, 9.17) is 4.79 Å². The highest BCUT2D eigenvalue weighted by Gasteiger charge is 2.09. The average molecular weight is 379 g/mol. The summed E-state index contributed by atoms with van der Waals surface area (Å²) in [6.45, 7) is 8.35. The summed E-state index contributed by atoms with van der Waals surface area (Å²) in [4.78, 5) is 18.0. The SMILES string of the molecule is C=O.CCC.Cc1ccccc1-c1nc2cc(Br)cnc2s1. The Hall–Kier alpha value is -1.59. The first-order valence-corrected chi connectivity index (χ1v) is 8.53. The molecule has 0 aliphatic rings. The van der Waals surface area contributed by atoms with Crippen LogP contribution >= 0.6 is 27.3 Å². The van der Waals surface area contributed by atoms with Gasteiger partial charge in [-0.3, -0.25) is 0 Å². The number of hydrogen-bond donors (Lipinski definition) is 0. The van der Waals surface area contributed by atoms with Crippen LogP contribution in [0.15, 0.2) is 41.0 Å². The molecule has 3 rings (SSSR count). The van der Waals surface area contributed by atoms with Crippen LogP contribution in [0.1, 0.15) is 25.8 Å². The van der Waals surface area contributed by atoms with Crippen LogP contribution in [0.3, 0.4) is 0 Å². The molecule has 0 radical (unpaired) electrons. The number of pyridine rings is 1. The van der Waals surface area contributed by atoms with Gasteiger partial charge in [-0.25, -0.2) is 9.97 Å². The number of carbonyl (C=O) groups excluding carboxylic acids is 1. The van der Waals surface area contributed by atoms with Crippen LogP contribution in [0.2, 0.25) is 0 Å². The number of fused-ring (bicyclic) bond motifs is 1. The summed E-state index contributed by atoms with van der Waals surface area (Å²) < 4.78 is 0.964. The predicted molar refractivity (Wildman–Crippen MR) is 98.4 cm³/mol. The molecule has 116 valence electrons. The molecule has 3 nitrogen and oxygen atoms in total. The minimum atomic E-state index is 0.947. The van der Waals surface area contributed by atoms with E-state index in [1.54, 1.807) is 11.3 Å². The van der Waals surface area contributed by atoms with Gasteiger partial charge in [-0.15, -0.1) is 0 Å². The molecule has 0 atom stereocenters.